The number of thioether (sulfide) groups is 1. The lowest BCUT2D eigenvalue weighted by Crippen LogP contribution is -2.25. The summed E-state index contributed by atoms with van der Waals surface area (Å²) < 4.78 is 26.8. The van der Waals surface area contributed by atoms with E-state index in [1.807, 2.05) is 30.8 Å². The Kier molecular flexibility index (Phi) is 7.49. The van der Waals surface area contributed by atoms with Crippen molar-refractivity contribution < 1.29 is 8.42 Å². The van der Waals surface area contributed by atoms with Crippen LogP contribution >= 0.6 is 11.8 Å². The van der Waals surface area contributed by atoms with E-state index in [2.05, 4.69) is 11.0 Å². The Hall–Kier alpha value is -0.520. The minimum Gasteiger partial charge on any atom is -0.211 e. The van der Waals surface area contributed by atoms with Crippen LogP contribution in [0.1, 0.15) is 31.2 Å². The highest BCUT2D eigenvalue weighted by molar-refractivity contribution is 7.98. The van der Waals surface area contributed by atoms with Gasteiger partial charge in [0.1, 0.15) is 0 Å². The van der Waals surface area contributed by atoms with Gasteiger partial charge in [-0.3, -0.25) is 0 Å². The highest BCUT2D eigenvalue weighted by atomic mass is 32.2. The van der Waals surface area contributed by atoms with Gasteiger partial charge in [-0.2, -0.15) is 11.8 Å². The standard InChI is InChI=1S/C14H23NO2S2/c1-13-9-5-6-10-14(13)19(16,17)15-11-7-3-4-8-12-18-2/h5-6,9-10,15H,3-4,7-8,11-12H2,1-2H3. The van der Waals surface area contributed by atoms with Crippen LogP contribution < -0.4 is 4.72 Å². The molecule has 19 heavy (non-hydrogen) atoms. The van der Waals surface area contributed by atoms with Crippen molar-refractivity contribution in [3.63, 3.8) is 0 Å². The number of nitrogens with one attached hydrogen (secondary N) is 1. The molecule has 3 nitrogen and oxygen atoms in total. The van der Waals surface area contributed by atoms with Gasteiger partial charge in [0, 0.05) is 6.54 Å². The summed E-state index contributed by atoms with van der Waals surface area (Å²) in [4.78, 5) is 0.386. The monoisotopic (exact) mass is 301 g/mol. The molecule has 0 fully saturated rings. The molecule has 0 bridgehead atoms. The molecule has 0 atom stereocenters. The molecule has 108 valence electrons. The predicted octanol–water partition coefficient (Wildman–Crippen LogP) is 3.20. The van der Waals surface area contributed by atoms with E-state index in [0.29, 0.717) is 11.4 Å². The lowest BCUT2D eigenvalue weighted by molar-refractivity contribution is 0.573. The average molecular weight is 301 g/mol. The van der Waals surface area contributed by atoms with E-state index in [4.69, 9.17) is 0 Å². The molecular formula is C14H23NO2S2. The van der Waals surface area contributed by atoms with Crippen LogP contribution in [0.5, 0.6) is 0 Å². The second-order valence-corrected chi connectivity index (χ2v) is 7.29. The Morgan fingerprint density at radius 3 is 2.47 bits per heavy atom. The fraction of sp³-hybridized carbons (Fsp3) is 0.571. The summed E-state index contributed by atoms with van der Waals surface area (Å²) in [6, 6.07) is 7.07. The maximum atomic E-state index is 12.1. The van der Waals surface area contributed by atoms with Crippen molar-refractivity contribution in [3.8, 4) is 0 Å². The zero-order valence-electron chi connectivity index (χ0n) is 11.7. The van der Waals surface area contributed by atoms with Crippen LogP contribution in [-0.4, -0.2) is 27.0 Å². The van der Waals surface area contributed by atoms with Crippen LogP contribution in [0, 0.1) is 6.92 Å². The molecule has 0 aliphatic carbocycles. The van der Waals surface area contributed by atoms with E-state index in [-0.39, 0.29) is 0 Å². The summed E-state index contributed by atoms with van der Waals surface area (Å²) in [6.45, 7) is 2.34. The number of hydrogen-bond donors (Lipinski definition) is 1. The SMILES string of the molecule is CSCCCCCCNS(=O)(=O)c1ccccc1C. The molecule has 0 heterocycles. The van der Waals surface area contributed by atoms with Crippen LogP contribution in [0.15, 0.2) is 29.2 Å². The molecule has 0 saturated heterocycles. The zero-order chi connectivity index (χ0) is 14.1. The van der Waals surface area contributed by atoms with Crippen molar-refractivity contribution in [2.24, 2.45) is 0 Å². The molecule has 0 unspecified atom stereocenters. The molecule has 0 radical (unpaired) electrons. The smallest absolute Gasteiger partial charge is 0.211 e. The average Bonchev–Trinajstić information content (AvgIpc) is 2.38. The normalized spacial score (nSPS) is 11.7. The predicted molar refractivity (Wildman–Crippen MR) is 83.2 cm³/mol. The Labute approximate surface area is 121 Å². The number of aryl methyl sites for hydroxylation is 1. The molecule has 0 aromatic heterocycles. The first-order valence-electron chi connectivity index (χ1n) is 6.62. The number of sulfonamides is 1. The number of hydrogen-bond acceptors (Lipinski definition) is 3. The summed E-state index contributed by atoms with van der Waals surface area (Å²) in [5.74, 6) is 1.19. The van der Waals surface area contributed by atoms with Gasteiger partial charge in [-0.15, -0.1) is 0 Å². The van der Waals surface area contributed by atoms with E-state index >= 15 is 0 Å². The van der Waals surface area contributed by atoms with Crippen molar-refractivity contribution in [3.05, 3.63) is 29.8 Å². The van der Waals surface area contributed by atoms with E-state index in [1.54, 1.807) is 12.1 Å². The van der Waals surface area contributed by atoms with E-state index in [0.717, 1.165) is 18.4 Å². The van der Waals surface area contributed by atoms with Crippen LogP contribution in [0.25, 0.3) is 0 Å². The summed E-state index contributed by atoms with van der Waals surface area (Å²) in [6.07, 6.45) is 6.48. The molecule has 1 rings (SSSR count). The molecule has 1 aromatic rings. The number of unbranched alkanes of at least 4 members (excludes halogenated alkanes) is 3. The number of benzene rings is 1. The van der Waals surface area contributed by atoms with E-state index < -0.39 is 10.0 Å². The minimum atomic E-state index is -3.34. The van der Waals surface area contributed by atoms with Crippen LogP contribution in [0.4, 0.5) is 0 Å². The van der Waals surface area contributed by atoms with Gasteiger partial charge in [0.05, 0.1) is 4.90 Å². The highest BCUT2D eigenvalue weighted by Gasteiger charge is 2.14. The fourth-order valence-electron chi connectivity index (χ4n) is 1.87. The first-order chi connectivity index (χ1) is 9.08. The lowest BCUT2D eigenvalue weighted by atomic mass is 10.2. The maximum Gasteiger partial charge on any atom is 0.240 e. The van der Waals surface area contributed by atoms with E-state index in [1.165, 1.54) is 18.6 Å². The third kappa shape index (κ3) is 5.97. The molecule has 5 heteroatoms. The molecule has 0 saturated carbocycles. The van der Waals surface area contributed by atoms with Gasteiger partial charge in [0.25, 0.3) is 0 Å². The topological polar surface area (TPSA) is 46.2 Å². The van der Waals surface area contributed by atoms with Crippen LogP contribution in [-0.2, 0) is 10.0 Å². The molecule has 0 amide bonds. The van der Waals surface area contributed by atoms with Crippen molar-refractivity contribution >= 4 is 21.8 Å². The van der Waals surface area contributed by atoms with Gasteiger partial charge in [-0.25, -0.2) is 13.1 Å². The molecular weight excluding hydrogens is 278 g/mol. The van der Waals surface area contributed by atoms with Gasteiger partial charge < -0.3 is 0 Å². The quantitative estimate of drug-likeness (QED) is 0.713. The largest absolute Gasteiger partial charge is 0.240 e. The van der Waals surface area contributed by atoms with Gasteiger partial charge in [-0.1, -0.05) is 31.0 Å². The Morgan fingerprint density at radius 1 is 1.11 bits per heavy atom. The summed E-state index contributed by atoms with van der Waals surface area (Å²) in [5.41, 5.74) is 0.787. The van der Waals surface area contributed by atoms with Gasteiger partial charge in [-0.05, 0) is 43.4 Å². The van der Waals surface area contributed by atoms with Crippen LogP contribution in [0.3, 0.4) is 0 Å². The molecule has 1 aromatic carbocycles. The molecule has 0 aliphatic heterocycles. The molecule has 0 aliphatic rings. The first kappa shape index (κ1) is 16.5. The first-order valence-corrected chi connectivity index (χ1v) is 9.50. The Bertz CT molecular complexity index is 472. The zero-order valence-corrected chi connectivity index (χ0v) is 13.3. The van der Waals surface area contributed by atoms with Crippen LogP contribution in [0.2, 0.25) is 0 Å². The van der Waals surface area contributed by atoms with Crippen molar-refractivity contribution in [2.75, 3.05) is 18.6 Å². The van der Waals surface area contributed by atoms with Gasteiger partial charge in [0.2, 0.25) is 10.0 Å². The second kappa shape index (κ2) is 8.61. The molecule has 1 N–H and O–H groups in total. The highest BCUT2D eigenvalue weighted by Crippen LogP contribution is 2.13. The van der Waals surface area contributed by atoms with Crippen molar-refractivity contribution in [2.45, 2.75) is 37.5 Å². The third-order valence-electron chi connectivity index (χ3n) is 2.95. The molecule has 0 spiro atoms. The Balaban J connectivity index is 2.34. The lowest BCUT2D eigenvalue weighted by Gasteiger charge is -2.08. The third-order valence-corrected chi connectivity index (χ3v) is 5.27. The maximum absolute atomic E-state index is 12.1. The summed E-state index contributed by atoms with van der Waals surface area (Å²) in [7, 11) is -3.34. The minimum absolute atomic E-state index is 0.386. The van der Waals surface area contributed by atoms with Gasteiger partial charge >= 0.3 is 0 Å². The second-order valence-electron chi connectivity index (χ2n) is 4.57. The summed E-state index contributed by atoms with van der Waals surface area (Å²) in [5, 5.41) is 0. The van der Waals surface area contributed by atoms with Gasteiger partial charge in [0.15, 0.2) is 0 Å². The van der Waals surface area contributed by atoms with Crippen molar-refractivity contribution in [1.82, 2.24) is 4.72 Å². The van der Waals surface area contributed by atoms with Crippen molar-refractivity contribution in [1.29, 1.82) is 0 Å². The van der Waals surface area contributed by atoms with E-state index in [9.17, 15) is 8.42 Å². The number of rotatable bonds is 9. The summed E-state index contributed by atoms with van der Waals surface area (Å²) >= 11 is 1.86. The fourth-order valence-corrected chi connectivity index (χ4v) is 3.68. The Morgan fingerprint density at radius 2 is 1.79 bits per heavy atom.